The molecule has 0 spiro atoms. The van der Waals surface area contributed by atoms with Crippen molar-refractivity contribution in [1.29, 1.82) is 0 Å². The zero-order valence-corrected chi connectivity index (χ0v) is 5.20. The maximum absolute atomic E-state index is 10.1. The number of aliphatic hydroxyl groups excluding tert-OH is 2. The average Bonchev–Trinajstić information content (AvgIpc) is 1.82. The van der Waals surface area contributed by atoms with Gasteiger partial charge in [-0.1, -0.05) is 7.43 Å². The SMILES string of the molecule is C.CC(=O)OC(CO)CO. The van der Waals surface area contributed by atoms with Gasteiger partial charge in [0.15, 0.2) is 0 Å². The molecule has 4 nitrogen and oxygen atoms in total. The van der Waals surface area contributed by atoms with Crippen LogP contribution in [0.2, 0.25) is 0 Å². The minimum atomic E-state index is -0.762. The maximum Gasteiger partial charge on any atom is 0.303 e. The summed E-state index contributed by atoms with van der Waals surface area (Å²) in [5.41, 5.74) is 0. The van der Waals surface area contributed by atoms with Crippen molar-refractivity contribution < 1.29 is 19.7 Å². The van der Waals surface area contributed by atoms with Crippen LogP contribution in [0.25, 0.3) is 0 Å². The van der Waals surface area contributed by atoms with Gasteiger partial charge < -0.3 is 14.9 Å². The highest BCUT2D eigenvalue weighted by molar-refractivity contribution is 5.66. The Kier molecular flexibility index (Phi) is 7.88. The van der Waals surface area contributed by atoms with Crippen LogP contribution >= 0.6 is 0 Å². The first-order chi connectivity index (χ1) is 4.20. The van der Waals surface area contributed by atoms with Crippen molar-refractivity contribution in [3.05, 3.63) is 0 Å². The lowest BCUT2D eigenvalue weighted by Crippen LogP contribution is -2.24. The maximum atomic E-state index is 10.1. The molecule has 0 bridgehead atoms. The standard InChI is InChI=1S/C5H10O4.CH4/c1-4(8)9-5(2-6)3-7;/h5-7H,2-3H2,1H3;1H4. The topological polar surface area (TPSA) is 66.8 Å². The second-order valence-electron chi connectivity index (χ2n) is 1.60. The van der Waals surface area contributed by atoms with Gasteiger partial charge in [0.25, 0.3) is 0 Å². The van der Waals surface area contributed by atoms with Crippen molar-refractivity contribution in [3.63, 3.8) is 0 Å². The Bertz CT molecular complexity index is 87.7. The number of rotatable bonds is 3. The quantitative estimate of drug-likeness (QED) is 0.534. The van der Waals surface area contributed by atoms with E-state index >= 15 is 0 Å². The number of ether oxygens (including phenoxy) is 1. The summed E-state index contributed by atoms with van der Waals surface area (Å²) in [4.78, 5) is 10.1. The van der Waals surface area contributed by atoms with E-state index in [0.29, 0.717) is 0 Å². The van der Waals surface area contributed by atoms with E-state index in [4.69, 9.17) is 10.2 Å². The molecule has 0 aromatic carbocycles. The minimum absolute atomic E-state index is 0. The van der Waals surface area contributed by atoms with Crippen LogP contribution in [-0.2, 0) is 9.53 Å². The van der Waals surface area contributed by atoms with Gasteiger partial charge in [0.2, 0.25) is 0 Å². The van der Waals surface area contributed by atoms with Gasteiger partial charge in [-0.3, -0.25) is 4.79 Å². The lowest BCUT2D eigenvalue weighted by atomic mass is 10.4. The van der Waals surface area contributed by atoms with Crippen LogP contribution in [0.5, 0.6) is 0 Å². The number of esters is 1. The zero-order valence-electron chi connectivity index (χ0n) is 5.20. The molecule has 0 aliphatic heterocycles. The molecule has 0 rings (SSSR count). The van der Waals surface area contributed by atoms with E-state index < -0.39 is 12.1 Å². The van der Waals surface area contributed by atoms with Gasteiger partial charge in [0.05, 0.1) is 13.2 Å². The molecule has 0 aliphatic rings. The zero-order chi connectivity index (χ0) is 7.28. The molecule has 0 amide bonds. The van der Waals surface area contributed by atoms with E-state index in [-0.39, 0.29) is 20.6 Å². The van der Waals surface area contributed by atoms with Crippen molar-refractivity contribution in [3.8, 4) is 0 Å². The highest BCUT2D eigenvalue weighted by Gasteiger charge is 2.06. The molecule has 10 heavy (non-hydrogen) atoms. The third-order valence-electron chi connectivity index (χ3n) is 0.740. The molecule has 0 aliphatic carbocycles. The summed E-state index contributed by atoms with van der Waals surface area (Å²) >= 11 is 0. The molecule has 0 saturated carbocycles. The molecule has 0 radical (unpaired) electrons. The molecule has 4 heteroatoms. The Balaban J connectivity index is 0. The molecule has 0 atom stereocenters. The van der Waals surface area contributed by atoms with Gasteiger partial charge >= 0.3 is 5.97 Å². The lowest BCUT2D eigenvalue weighted by molar-refractivity contribution is -0.150. The molecule has 0 heterocycles. The van der Waals surface area contributed by atoms with Gasteiger partial charge in [-0.2, -0.15) is 0 Å². The van der Waals surface area contributed by atoms with E-state index in [1.165, 1.54) is 6.92 Å². The molecular weight excluding hydrogens is 136 g/mol. The summed E-state index contributed by atoms with van der Waals surface area (Å²) in [5, 5.41) is 16.7. The molecule has 0 saturated heterocycles. The third kappa shape index (κ3) is 5.53. The van der Waals surface area contributed by atoms with Gasteiger partial charge in [0.1, 0.15) is 6.10 Å². The van der Waals surface area contributed by atoms with Crippen LogP contribution < -0.4 is 0 Å². The van der Waals surface area contributed by atoms with Gasteiger partial charge in [-0.25, -0.2) is 0 Å². The van der Waals surface area contributed by atoms with Gasteiger partial charge in [-0.05, 0) is 0 Å². The van der Waals surface area contributed by atoms with E-state index in [0.717, 1.165) is 0 Å². The van der Waals surface area contributed by atoms with Gasteiger partial charge in [-0.15, -0.1) is 0 Å². The fourth-order valence-corrected chi connectivity index (χ4v) is 0.367. The van der Waals surface area contributed by atoms with Crippen molar-refractivity contribution in [2.75, 3.05) is 13.2 Å². The summed E-state index contributed by atoms with van der Waals surface area (Å²) in [7, 11) is 0. The smallest absolute Gasteiger partial charge is 0.303 e. The lowest BCUT2D eigenvalue weighted by Gasteiger charge is -2.09. The van der Waals surface area contributed by atoms with Crippen molar-refractivity contribution in [1.82, 2.24) is 0 Å². The Morgan fingerprint density at radius 3 is 2.00 bits per heavy atom. The first-order valence-electron chi connectivity index (χ1n) is 2.59. The molecule has 2 N–H and O–H groups in total. The highest BCUT2D eigenvalue weighted by atomic mass is 16.6. The molecule has 0 aromatic heterocycles. The van der Waals surface area contributed by atoms with Crippen LogP contribution in [-0.4, -0.2) is 35.5 Å². The van der Waals surface area contributed by atoms with E-state index in [9.17, 15) is 4.79 Å². The van der Waals surface area contributed by atoms with Crippen molar-refractivity contribution >= 4 is 5.97 Å². The van der Waals surface area contributed by atoms with Gasteiger partial charge in [0, 0.05) is 6.92 Å². The molecule has 0 unspecified atom stereocenters. The number of carbonyl (C=O) groups is 1. The van der Waals surface area contributed by atoms with E-state index in [2.05, 4.69) is 4.74 Å². The number of hydrogen-bond donors (Lipinski definition) is 2. The first-order valence-corrected chi connectivity index (χ1v) is 2.59. The van der Waals surface area contributed by atoms with Crippen LogP contribution in [0.15, 0.2) is 0 Å². The molecular formula is C6H14O4. The Labute approximate surface area is 60.4 Å². The number of carbonyl (C=O) groups excluding carboxylic acids is 1. The van der Waals surface area contributed by atoms with Crippen molar-refractivity contribution in [2.24, 2.45) is 0 Å². The Morgan fingerprint density at radius 2 is 1.90 bits per heavy atom. The normalized spacial score (nSPS) is 8.80. The number of hydrogen-bond acceptors (Lipinski definition) is 4. The predicted octanol–water partition coefficient (Wildman–Crippen LogP) is -0.461. The van der Waals surface area contributed by atoms with Crippen LogP contribution in [0.4, 0.5) is 0 Å². The fourth-order valence-electron chi connectivity index (χ4n) is 0.367. The second kappa shape index (κ2) is 6.51. The average molecular weight is 150 g/mol. The largest absolute Gasteiger partial charge is 0.458 e. The minimum Gasteiger partial charge on any atom is -0.458 e. The van der Waals surface area contributed by atoms with Crippen LogP contribution in [0.1, 0.15) is 14.4 Å². The van der Waals surface area contributed by atoms with E-state index in [1.807, 2.05) is 0 Å². The summed E-state index contributed by atoms with van der Waals surface area (Å²) in [6.07, 6.45) is -0.762. The Morgan fingerprint density at radius 1 is 1.50 bits per heavy atom. The van der Waals surface area contributed by atoms with Crippen LogP contribution in [0, 0.1) is 0 Å². The summed E-state index contributed by atoms with van der Waals surface area (Å²) in [5.74, 6) is -0.497. The second-order valence-corrected chi connectivity index (χ2v) is 1.60. The van der Waals surface area contributed by atoms with Crippen molar-refractivity contribution in [2.45, 2.75) is 20.5 Å². The summed E-state index contributed by atoms with van der Waals surface area (Å²) in [6.45, 7) is 0.546. The predicted molar refractivity (Wildman–Crippen MR) is 36.5 cm³/mol. The summed E-state index contributed by atoms with van der Waals surface area (Å²) in [6, 6.07) is 0. The fraction of sp³-hybridized carbons (Fsp3) is 0.833. The van der Waals surface area contributed by atoms with E-state index in [1.54, 1.807) is 0 Å². The monoisotopic (exact) mass is 150 g/mol. The summed E-state index contributed by atoms with van der Waals surface area (Å²) < 4.78 is 4.41. The Hall–Kier alpha value is -0.610. The van der Waals surface area contributed by atoms with Crippen LogP contribution in [0.3, 0.4) is 0 Å². The number of aliphatic hydroxyl groups is 2. The third-order valence-corrected chi connectivity index (χ3v) is 0.740. The molecule has 62 valence electrons. The first kappa shape index (κ1) is 12.1. The molecule has 0 aromatic rings. The molecule has 0 fully saturated rings. The highest BCUT2D eigenvalue weighted by Crippen LogP contribution is 1.88.